The minimum absolute atomic E-state index is 0.292. The van der Waals surface area contributed by atoms with Crippen molar-refractivity contribution in [3.63, 3.8) is 0 Å². The van der Waals surface area contributed by atoms with E-state index < -0.39 is 17.5 Å². The zero-order chi connectivity index (χ0) is 20.4. The van der Waals surface area contributed by atoms with Crippen molar-refractivity contribution in [3.05, 3.63) is 71.0 Å². The number of benzene rings is 2. The summed E-state index contributed by atoms with van der Waals surface area (Å²) in [5.41, 5.74) is 1.55. The van der Waals surface area contributed by atoms with Crippen molar-refractivity contribution in [3.8, 4) is 0 Å². The van der Waals surface area contributed by atoms with Gasteiger partial charge in [0.1, 0.15) is 17.9 Å². The van der Waals surface area contributed by atoms with Crippen molar-refractivity contribution in [2.45, 2.75) is 31.2 Å². The van der Waals surface area contributed by atoms with Crippen LogP contribution in [0.1, 0.15) is 29.5 Å². The van der Waals surface area contributed by atoms with Gasteiger partial charge in [0.15, 0.2) is 0 Å². The summed E-state index contributed by atoms with van der Waals surface area (Å²) >= 11 is 0. The molecule has 6 nitrogen and oxygen atoms in total. The Morgan fingerprint density at radius 3 is 2.83 bits per heavy atom. The minimum atomic E-state index is -1.08. The second kappa shape index (κ2) is 7.66. The van der Waals surface area contributed by atoms with E-state index in [4.69, 9.17) is 0 Å². The first kappa shape index (κ1) is 19.1. The van der Waals surface area contributed by atoms with Crippen molar-refractivity contribution in [2.24, 2.45) is 0 Å². The number of imide groups is 1. The molecule has 0 radical (unpaired) electrons. The maximum atomic E-state index is 13.2. The van der Waals surface area contributed by atoms with E-state index in [1.54, 1.807) is 12.1 Å². The van der Waals surface area contributed by atoms with Gasteiger partial charge in [-0.3, -0.25) is 14.5 Å². The predicted molar refractivity (Wildman–Crippen MR) is 104 cm³/mol. The molecule has 150 valence electrons. The van der Waals surface area contributed by atoms with Gasteiger partial charge >= 0.3 is 6.03 Å². The Morgan fingerprint density at radius 2 is 2.00 bits per heavy atom. The van der Waals surface area contributed by atoms with E-state index in [1.165, 1.54) is 12.1 Å². The molecule has 2 aromatic carbocycles. The number of hydrogen-bond acceptors (Lipinski definition) is 3. The molecular weight excluding hydrogens is 373 g/mol. The van der Waals surface area contributed by atoms with Crippen molar-refractivity contribution in [1.29, 1.82) is 0 Å². The summed E-state index contributed by atoms with van der Waals surface area (Å²) in [6.07, 6.45) is 2.63. The van der Waals surface area contributed by atoms with Crippen LogP contribution in [0.25, 0.3) is 0 Å². The van der Waals surface area contributed by atoms with Gasteiger partial charge in [-0.15, -0.1) is 0 Å². The second-order valence-electron chi connectivity index (χ2n) is 7.47. The van der Waals surface area contributed by atoms with Gasteiger partial charge in [-0.25, -0.2) is 9.18 Å². The number of amides is 4. The molecule has 1 saturated heterocycles. The Bertz CT molecular complexity index is 977. The molecule has 1 aliphatic heterocycles. The summed E-state index contributed by atoms with van der Waals surface area (Å²) in [5.74, 6) is -1.13. The molecule has 1 aliphatic carbocycles. The highest BCUT2D eigenvalue weighted by atomic mass is 19.1. The lowest BCUT2D eigenvalue weighted by Gasteiger charge is -2.33. The van der Waals surface area contributed by atoms with Gasteiger partial charge in [-0.1, -0.05) is 36.4 Å². The lowest BCUT2D eigenvalue weighted by atomic mass is 9.76. The lowest BCUT2D eigenvalue weighted by Crippen LogP contribution is -2.47. The smallest absolute Gasteiger partial charge is 0.325 e. The number of carbonyl (C=O) groups excluding carboxylic acids is 3. The molecule has 4 rings (SSSR count). The van der Waals surface area contributed by atoms with Crippen LogP contribution in [0.5, 0.6) is 0 Å². The van der Waals surface area contributed by atoms with E-state index in [1.807, 2.05) is 24.3 Å². The van der Waals surface area contributed by atoms with Gasteiger partial charge in [0.05, 0.1) is 0 Å². The molecule has 0 bridgehead atoms. The molecular formula is C22H22FN3O3. The van der Waals surface area contributed by atoms with E-state index in [0.29, 0.717) is 19.4 Å². The standard InChI is InChI=1S/C22H22FN3O3/c23-17-8-3-5-15(13-17)10-12-24-19(27)14-26-20(28)22(25-21(26)29)11-4-7-16-6-1-2-9-18(16)22/h1-3,5-6,8-9,13H,4,7,10-12,14H2,(H,24,27)(H,25,29). The number of urea groups is 1. The number of rotatable bonds is 5. The van der Waals surface area contributed by atoms with Crippen molar-refractivity contribution >= 4 is 17.8 Å². The molecule has 0 aromatic heterocycles. The normalized spacial score (nSPS) is 20.5. The first-order valence-electron chi connectivity index (χ1n) is 9.73. The Kier molecular flexibility index (Phi) is 5.05. The van der Waals surface area contributed by atoms with Crippen LogP contribution in [0.15, 0.2) is 48.5 Å². The number of halogens is 1. The summed E-state index contributed by atoms with van der Waals surface area (Å²) in [6.45, 7) is -0.0440. The third-order valence-electron chi connectivity index (χ3n) is 5.58. The van der Waals surface area contributed by atoms with E-state index in [0.717, 1.165) is 34.4 Å². The third kappa shape index (κ3) is 3.60. The quantitative estimate of drug-likeness (QED) is 0.763. The molecule has 2 aliphatic rings. The summed E-state index contributed by atoms with van der Waals surface area (Å²) in [5, 5.41) is 5.53. The van der Waals surface area contributed by atoms with Gasteiger partial charge in [-0.2, -0.15) is 0 Å². The van der Waals surface area contributed by atoms with Gasteiger partial charge in [0, 0.05) is 6.54 Å². The summed E-state index contributed by atoms with van der Waals surface area (Å²) in [4.78, 5) is 38.9. The Hall–Kier alpha value is -3.22. The maximum absolute atomic E-state index is 13.2. The van der Waals surface area contributed by atoms with Crippen molar-refractivity contribution in [2.75, 3.05) is 13.1 Å². The monoisotopic (exact) mass is 395 g/mol. The summed E-state index contributed by atoms with van der Waals surface area (Å²) in [7, 11) is 0. The maximum Gasteiger partial charge on any atom is 0.325 e. The van der Waals surface area contributed by atoms with Gasteiger partial charge in [-0.05, 0) is 54.5 Å². The predicted octanol–water partition coefficient (Wildman–Crippen LogP) is 2.27. The van der Waals surface area contributed by atoms with Crippen LogP contribution in [0.4, 0.5) is 9.18 Å². The zero-order valence-electron chi connectivity index (χ0n) is 15.9. The van der Waals surface area contributed by atoms with Crippen LogP contribution in [-0.4, -0.2) is 35.8 Å². The average Bonchev–Trinajstić information content (AvgIpc) is 2.93. The molecule has 1 fully saturated rings. The van der Waals surface area contributed by atoms with E-state index in [2.05, 4.69) is 10.6 Å². The number of hydrogen-bond donors (Lipinski definition) is 2. The van der Waals surface area contributed by atoms with Gasteiger partial charge < -0.3 is 10.6 Å². The minimum Gasteiger partial charge on any atom is -0.354 e. The highest BCUT2D eigenvalue weighted by Gasteiger charge is 2.54. The highest BCUT2D eigenvalue weighted by molar-refractivity contribution is 6.09. The SMILES string of the molecule is O=C(CN1C(=O)NC2(CCCc3ccccc32)C1=O)NCCc1cccc(F)c1. The number of fused-ring (bicyclic) bond motifs is 2. The zero-order valence-corrected chi connectivity index (χ0v) is 15.9. The van der Waals surface area contributed by atoms with E-state index in [9.17, 15) is 18.8 Å². The van der Waals surface area contributed by atoms with Gasteiger partial charge in [0.25, 0.3) is 5.91 Å². The Morgan fingerprint density at radius 1 is 1.17 bits per heavy atom. The van der Waals surface area contributed by atoms with E-state index in [-0.39, 0.29) is 18.3 Å². The molecule has 1 heterocycles. The molecule has 29 heavy (non-hydrogen) atoms. The Balaban J connectivity index is 1.40. The first-order valence-corrected chi connectivity index (χ1v) is 9.73. The largest absolute Gasteiger partial charge is 0.354 e. The van der Waals surface area contributed by atoms with Crippen LogP contribution in [0.3, 0.4) is 0 Å². The fourth-order valence-corrected chi connectivity index (χ4v) is 4.19. The van der Waals surface area contributed by atoms with Crippen LogP contribution in [0.2, 0.25) is 0 Å². The lowest BCUT2D eigenvalue weighted by molar-refractivity contribution is -0.135. The molecule has 7 heteroatoms. The van der Waals surface area contributed by atoms with E-state index >= 15 is 0 Å². The summed E-state index contributed by atoms with van der Waals surface area (Å²) in [6, 6.07) is 13.2. The van der Waals surface area contributed by atoms with Crippen molar-refractivity contribution in [1.82, 2.24) is 15.5 Å². The Labute approximate surface area is 168 Å². The third-order valence-corrected chi connectivity index (χ3v) is 5.58. The summed E-state index contributed by atoms with van der Waals surface area (Å²) < 4.78 is 13.2. The molecule has 1 spiro atoms. The van der Waals surface area contributed by atoms with Crippen molar-refractivity contribution < 1.29 is 18.8 Å². The second-order valence-corrected chi connectivity index (χ2v) is 7.47. The molecule has 0 saturated carbocycles. The first-order chi connectivity index (χ1) is 14.0. The number of nitrogens with one attached hydrogen (secondary N) is 2. The number of carbonyl (C=O) groups is 3. The van der Waals surface area contributed by atoms with Gasteiger partial charge in [0.2, 0.25) is 5.91 Å². The fourth-order valence-electron chi connectivity index (χ4n) is 4.19. The highest BCUT2D eigenvalue weighted by Crippen LogP contribution is 2.39. The average molecular weight is 395 g/mol. The van der Waals surface area contributed by atoms with Crippen LogP contribution < -0.4 is 10.6 Å². The number of nitrogens with zero attached hydrogens (tertiary/aromatic N) is 1. The number of aryl methyl sites for hydroxylation is 1. The van der Waals surface area contributed by atoms with Crippen LogP contribution >= 0.6 is 0 Å². The molecule has 1 atom stereocenters. The van der Waals surface area contributed by atoms with Crippen LogP contribution in [0, 0.1) is 5.82 Å². The fraction of sp³-hybridized carbons (Fsp3) is 0.318. The topological polar surface area (TPSA) is 78.5 Å². The molecule has 2 N–H and O–H groups in total. The molecule has 4 amide bonds. The van der Waals surface area contributed by atoms with Crippen LogP contribution in [-0.2, 0) is 28.0 Å². The molecule has 2 aromatic rings. The molecule has 1 unspecified atom stereocenters.